The highest BCUT2D eigenvalue weighted by molar-refractivity contribution is 5.17. The molecule has 0 amide bonds. The number of benzene rings is 1. The van der Waals surface area contributed by atoms with Crippen molar-refractivity contribution in [3.05, 3.63) is 85.2 Å². The summed E-state index contributed by atoms with van der Waals surface area (Å²) in [5.41, 5.74) is 2.48. The molecular weight excluding hydrogens is 312 g/mol. The lowest BCUT2D eigenvalue weighted by atomic mass is 10.2. The number of aromatic nitrogens is 1. The van der Waals surface area contributed by atoms with Crippen LogP contribution < -0.4 is 0 Å². The predicted molar refractivity (Wildman–Crippen MR) is 102 cm³/mol. The van der Waals surface area contributed by atoms with E-state index in [-0.39, 0.29) is 0 Å². The lowest BCUT2D eigenvalue weighted by Crippen LogP contribution is -2.35. The van der Waals surface area contributed by atoms with E-state index in [1.807, 2.05) is 12.1 Å². The van der Waals surface area contributed by atoms with Gasteiger partial charge in [0.05, 0.1) is 19.3 Å². The van der Waals surface area contributed by atoms with Gasteiger partial charge in [0.2, 0.25) is 0 Å². The summed E-state index contributed by atoms with van der Waals surface area (Å²) >= 11 is 0. The average Bonchev–Trinajstić information content (AvgIpc) is 3.03. The van der Waals surface area contributed by atoms with Gasteiger partial charge in [-0.2, -0.15) is 0 Å². The summed E-state index contributed by atoms with van der Waals surface area (Å²) in [6.07, 6.45) is 5.11. The van der Waals surface area contributed by atoms with E-state index in [1.165, 1.54) is 11.3 Å². The summed E-state index contributed by atoms with van der Waals surface area (Å²) in [4.78, 5) is 2.17. The van der Waals surface area contributed by atoms with Crippen molar-refractivity contribution in [1.82, 2.24) is 9.47 Å². The van der Waals surface area contributed by atoms with Crippen molar-refractivity contribution in [1.29, 1.82) is 0 Å². The molecule has 1 aromatic carbocycles. The summed E-state index contributed by atoms with van der Waals surface area (Å²) < 4.78 is 7.58. The van der Waals surface area contributed by atoms with Crippen molar-refractivity contribution in [3.8, 4) is 0 Å². The quantitative estimate of drug-likeness (QED) is 0.477. The second kappa shape index (κ2) is 10.7. The molecule has 134 valence electrons. The number of hydrogen-bond acceptors (Lipinski definition) is 3. The fourth-order valence-electron chi connectivity index (χ4n) is 2.78. The maximum absolute atomic E-state index is 10.2. The SMILES string of the molecule is C=CCOCC(O)CN(CC=C)Cc1cccn1Cc1ccccc1. The van der Waals surface area contributed by atoms with Crippen LogP contribution in [0.3, 0.4) is 0 Å². The summed E-state index contributed by atoms with van der Waals surface area (Å²) in [7, 11) is 0. The van der Waals surface area contributed by atoms with Gasteiger partial charge in [0.1, 0.15) is 0 Å². The monoisotopic (exact) mass is 340 g/mol. The highest BCUT2D eigenvalue weighted by Crippen LogP contribution is 2.11. The van der Waals surface area contributed by atoms with E-state index in [9.17, 15) is 5.11 Å². The van der Waals surface area contributed by atoms with Gasteiger partial charge >= 0.3 is 0 Å². The van der Waals surface area contributed by atoms with Crippen LogP contribution in [0, 0.1) is 0 Å². The van der Waals surface area contributed by atoms with Crippen LogP contribution in [-0.2, 0) is 17.8 Å². The first-order chi connectivity index (χ1) is 12.2. The number of ether oxygens (including phenoxy) is 1. The zero-order chi connectivity index (χ0) is 17.9. The summed E-state index contributed by atoms with van der Waals surface area (Å²) in [6, 6.07) is 14.6. The highest BCUT2D eigenvalue weighted by atomic mass is 16.5. The number of hydrogen-bond donors (Lipinski definition) is 1. The van der Waals surface area contributed by atoms with Crippen LogP contribution in [0.15, 0.2) is 74.0 Å². The molecule has 1 N–H and O–H groups in total. The Balaban J connectivity index is 1.96. The summed E-state index contributed by atoms with van der Waals surface area (Å²) in [5, 5.41) is 10.2. The van der Waals surface area contributed by atoms with E-state index in [2.05, 4.69) is 65.2 Å². The van der Waals surface area contributed by atoms with Gasteiger partial charge in [-0.3, -0.25) is 4.90 Å². The Hall–Kier alpha value is -2.14. The van der Waals surface area contributed by atoms with Crippen molar-refractivity contribution in [2.45, 2.75) is 19.2 Å². The Kier molecular flexibility index (Phi) is 8.19. The van der Waals surface area contributed by atoms with Crippen LogP contribution in [0.5, 0.6) is 0 Å². The molecular formula is C21H28N2O2. The molecule has 2 rings (SSSR count). The van der Waals surface area contributed by atoms with Crippen LogP contribution >= 0.6 is 0 Å². The molecule has 0 saturated heterocycles. The molecule has 0 radical (unpaired) electrons. The maximum Gasteiger partial charge on any atom is 0.0900 e. The highest BCUT2D eigenvalue weighted by Gasteiger charge is 2.13. The Morgan fingerprint density at radius 3 is 2.64 bits per heavy atom. The van der Waals surface area contributed by atoms with Gasteiger partial charge in [-0.1, -0.05) is 42.5 Å². The van der Waals surface area contributed by atoms with Crippen LogP contribution in [0.1, 0.15) is 11.3 Å². The maximum atomic E-state index is 10.2. The van der Waals surface area contributed by atoms with Crippen molar-refractivity contribution < 1.29 is 9.84 Å². The minimum Gasteiger partial charge on any atom is -0.389 e. The van der Waals surface area contributed by atoms with Gasteiger partial charge in [-0.25, -0.2) is 0 Å². The number of aliphatic hydroxyl groups is 1. The molecule has 4 heteroatoms. The molecule has 1 heterocycles. The van der Waals surface area contributed by atoms with E-state index in [1.54, 1.807) is 6.08 Å². The van der Waals surface area contributed by atoms with Gasteiger partial charge in [0.25, 0.3) is 0 Å². The normalized spacial score (nSPS) is 12.2. The zero-order valence-electron chi connectivity index (χ0n) is 14.8. The minimum absolute atomic E-state index is 0.310. The second-order valence-corrected chi connectivity index (χ2v) is 6.08. The average molecular weight is 340 g/mol. The largest absolute Gasteiger partial charge is 0.389 e. The molecule has 0 spiro atoms. The van der Waals surface area contributed by atoms with Gasteiger partial charge < -0.3 is 14.4 Å². The molecule has 0 aliphatic carbocycles. The first kappa shape index (κ1) is 19.2. The Bertz CT molecular complexity index is 636. The van der Waals surface area contributed by atoms with E-state index >= 15 is 0 Å². The topological polar surface area (TPSA) is 37.6 Å². The third-order valence-corrected chi connectivity index (χ3v) is 3.91. The number of nitrogens with zero attached hydrogens (tertiary/aromatic N) is 2. The van der Waals surface area contributed by atoms with Gasteiger partial charge in [-0.05, 0) is 17.7 Å². The minimum atomic E-state index is -0.530. The standard InChI is InChI=1S/C21H28N2O2/c1-3-12-22(17-21(24)18-25-14-4-2)16-20-11-8-13-23(20)15-19-9-6-5-7-10-19/h3-11,13,21,24H,1-2,12,14-18H2. The fraction of sp³-hybridized carbons (Fsp3) is 0.333. The molecule has 0 aliphatic rings. The van der Waals surface area contributed by atoms with E-state index in [0.29, 0.717) is 19.8 Å². The van der Waals surface area contributed by atoms with Crippen LogP contribution in [0.25, 0.3) is 0 Å². The lowest BCUT2D eigenvalue weighted by molar-refractivity contribution is 0.0266. The van der Waals surface area contributed by atoms with Crippen molar-refractivity contribution >= 4 is 0 Å². The van der Waals surface area contributed by atoms with E-state index in [4.69, 9.17) is 4.74 Å². The van der Waals surface area contributed by atoms with Crippen LogP contribution in [0.4, 0.5) is 0 Å². The Morgan fingerprint density at radius 2 is 1.92 bits per heavy atom. The van der Waals surface area contributed by atoms with E-state index in [0.717, 1.165) is 19.6 Å². The molecule has 1 unspecified atom stereocenters. The Morgan fingerprint density at radius 1 is 1.12 bits per heavy atom. The fourth-order valence-corrected chi connectivity index (χ4v) is 2.78. The second-order valence-electron chi connectivity index (χ2n) is 6.08. The number of rotatable bonds is 12. The summed E-state index contributed by atoms with van der Waals surface area (Å²) in [6.45, 7) is 11.1. The third kappa shape index (κ3) is 6.70. The molecule has 4 nitrogen and oxygen atoms in total. The van der Waals surface area contributed by atoms with E-state index < -0.39 is 6.10 Å². The molecule has 1 aromatic heterocycles. The molecule has 2 aromatic rings. The molecule has 0 fully saturated rings. The Labute approximate surface area is 150 Å². The molecule has 1 atom stereocenters. The molecule has 0 saturated carbocycles. The van der Waals surface area contributed by atoms with Crippen LogP contribution in [-0.4, -0.2) is 47.0 Å². The molecule has 0 aliphatic heterocycles. The van der Waals surface area contributed by atoms with Crippen molar-refractivity contribution in [2.24, 2.45) is 0 Å². The van der Waals surface area contributed by atoms with Crippen LogP contribution in [0.2, 0.25) is 0 Å². The lowest BCUT2D eigenvalue weighted by Gasteiger charge is -2.24. The van der Waals surface area contributed by atoms with Crippen molar-refractivity contribution in [3.63, 3.8) is 0 Å². The zero-order valence-corrected chi connectivity index (χ0v) is 14.8. The molecule has 0 bridgehead atoms. The first-order valence-electron chi connectivity index (χ1n) is 8.60. The van der Waals surface area contributed by atoms with Gasteiger partial charge in [0.15, 0.2) is 0 Å². The van der Waals surface area contributed by atoms with Crippen molar-refractivity contribution in [2.75, 3.05) is 26.3 Å². The molecule has 25 heavy (non-hydrogen) atoms. The summed E-state index contributed by atoms with van der Waals surface area (Å²) in [5.74, 6) is 0. The van der Waals surface area contributed by atoms with Gasteiger partial charge in [0, 0.05) is 38.1 Å². The third-order valence-electron chi connectivity index (χ3n) is 3.91. The smallest absolute Gasteiger partial charge is 0.0900 e. The predicted octanol–water partition coefficient (Wildman–Crippen LogP) is 3.09. The first-order valence-corrected chi connectivity index (χ1v) is 8.60. The number of aliphatic hydroxyl groups excluding tert-OH is 1. The van der Waals surface area contributed by atoms with Gasteiger partial charge in [-0.15, -0.1) is 13.2 Å².